The zero-order valence-electron chi connectivity index (χ0n) is 8.61. The Labute approximate surface area is 80.7 Å². The molecule has 0 unspecified atom stereocenters. The number of nitrogens with zero attached hydrogens (tertiary/aromatic N) is 2. The summed E-state index contributed by atoms with van der Waals surface area (Å²) in [5.41, 5.74) is -1.17. The first-order valence-corrected chi connectivity index (χ1v) is 4.28. The number of aromatic nitrogens is 2. The minimum absolute atomic E-state index is 0.0741. The molecule has 0 aliphatic rings. The van der Waals surface area contributed by atoms with E-state index in [9.17, 15) is 13.2 Å². The van der Waals surface area contributed by atoms with Crippen molar-refractivity contribution in [3.05, 3.63) is 17.2 Å². The van der Waals surface area contributed by atoms with Gasteiger partial charge in [-0.1, -0.05) is 0 Å². The number of alkyl halides is 2. The maximum atomic E-state index is 13.4. The van der Waals surface area contributed by atoms with E-state index < -0.39 is 23.6 Å². The van der Waals surface area contributed by atoms with Gasteiger partial charge in [-0.2, -0.15) is 9.49 Å². The van der Waals surface area contributed by atoms with Crippen LogP contribution in [0.2, 0.25) is 0 Å². The predicted molar refractivity (Wildman–Crippen MR) is 46.9 cm³/mol. The Kier molecular flexibility index (Phi) is 2.61. The van der Waals surface area contributed by atoms with E-state index in [1.165, 1.54) is 6.92 Å². The van der Waals surface area contributed by atoms with Crippen molar-refractivity contribution < 1.29 is 13.2 Å². The number of hydrogen-bond donors (Lipinski definition) is 0. The lowest BCUT2D eigenvalue weighted by Crippen LogP contribution is -2.25. The Hall–Kier alpha value is -1.00. The molecule has 0 radical (unpaired) electrons. The molecule has 0 spiro atoms. The van der Waals surface area contributed by atoms with Crippen LogP contribution in [-0.4, -0.2) is 9.78 Å². The third-order valence-electron chi connectivity index (χ3n) is 1.93. The van der Waals surface area contributed by atoms with Gasteiger partial charge in [-0.3, -0.25) is 0 Å². The Morgan fingerprint density at radius 1 is 1.29 bits per heavy atom. The Balaban J connectivity index is 3.29. The lowest BCUT2D eigenvalue weighted by molar-refractivity contribution is 0.143. The zero-order valence-corrected chi connectivity index (χ0v) is 8.61. The lowest BCUT2D eigenvalue weighted by Gasteiger charge is -2.19. The highest BCUT2D eigenvalue weighted by Gasteiger charge is 2.26. The van der Waals surface area contributed by atoms with Crippen LogP contribution in [0.15, 0.2) is 0 Å². The van der Waals surface area contributed by atoms with Crippen molar-refractivity contribution >= 4 is 0 Å². The standard InChI is InChI=1S/C9H13F3N2/c1-5-6(7(10)11)13-14(8(5)12)9(2,3)4/h7H,1-4H3. The van der Waals surface area contributed by atoms with Crippen LogP contribution in [0.3, 0.4) is 0 Å². The summed E-state index contributed by atoms with van der Waals surface area (Å²) in [7, 11) is 0. The Morgan fingerprint density at radius 3 is 2.00 bits per heavy atom. The molecule has 1 aromatic heterocycles. The van der Waals surface area contributed by atoms with Gasteiger partial charge in [-0.15, -0.1) is 0 Å². The van der Waals surface area contributed by atoms with Crippen LogP contribution in [-0.2, 0) is 5.54 Å². The van der Waals surface area contributed by atoms with Crippen LogP contribution in [0.4, 0.5) is 13.2 Å². The molecule has 0 aromatic carbocycles. The van der Waals surface area contributed by atoms with E-state index >= 15 is 0 Å². The van der Waals surface area contributed by atoms with Gasteiger partial charge in [0.15, 0.2) is 0 Å². The second kappa shape index (κ2) is 3.29. The van der Waals surface area contributed by atoms with Crippen molar-refractivity contribution in [1.82, 2.24) is 9.78 Å². The van der Waals surface area contributed by atoms with Crippen molar-refractivity contribution in [1.29, 1.82) is 0 Å². The second-order valence-corrected chi connectivity index (χ2v) is 4.18. The molecular formula is C9H13F3N2. The molecule has 0 N–H and O–H groups in total. The van der Waals surface area contributed by atoms with Crippen LogP contribution < -0.4 is 0 Å². The second-order valence-electron chi connectivity index (χ2n) is 4.18. The topological polar surface area (TPSA) is 17.8 Å². The van der Waals surface area contributed by atoms with Crippen LogP contribution >= 0.6 is 0 Å². The van der Waals surface area contributed by atoms with E-state index in [1.54, 1.807) is 20.8 Å². The predicted octanol–water partition coefficient (Wildman–Crippen LogP) is 3.02. The van der Waals surface area contributed by atoms with Gasteiger partial charge in [-0.05, 0) is 27.7 Å². The summed E-state index contributed by atoms with van der Waals surface area (Å²) in [5.74, 6) is -0.687. The monoisotopic (exact) mass is 206 g/mol. The fraction of sp³-hybridized carbons (Fsp3) is 0.667. The average molecular weight is 206 g/mol. The highest BCUT2D eigenvalue weighted by molar-refractivity contribution is 5.18. The number of rotatable bonds is 1. The van der Waals surface area contributed by atoms with Gasteiger partial charge in [-0.25, -0.2) is 13.5 Å². The van der Waals surface area contributed by atoms with Gasteiger partial charge in [0.1, 0.15) is 5.69 Å². The Bertz CT molecular complexity index is 337. The van der Waals surface area contributed by atoms with Crippen LogP contribution in [0.1, 0.15) is 38.5 Å². The first kappa shape index (κ1) is 11.1. The van der Waals surface area contributed by atoms with Gasteiger partial charge in [0.05, 0.1) is 5.54 Å². The summed E-state index contributed by atoms with van der Waals surface area (Å²) in [6, 6.07) is 0. The summed E-state index contributed by atoms with van der Waals surface area (Å²) in [5, 5.41) is 3.57. The van der Waals surface area contributed by atoms with Crippen molar-refractivity contribution in [2.24, 2.45) is 0 Å². The third-order valence-corrected chi connectivity index (χ3v) is 1.93. The quantitative estimate of drug-likeness (QED) is 0.690. The molecule has 80 valence electrons. The van der Waals surface area contributed by atoms with E-state index in [0.29, 0.717) is 0 Å². The summed E-state index contributed by atoms with van der Waals surface area (Å²) >= 11 is 0. The minimum Gasteiger partial charge on any atom is -0.234 e. The van der Waals surface area contributed by atoms with Crippen LogP contribution in [0.5, 0.6) is 0 Å². The number of hydrogen-bond acceptors (Lipinski definition) is 1. The number of halogens is 3. The maximum Gasteiger partial charge on any atom is 0.282 e. The molecule has 14 heavy (non-hydrogen) atoms. The molecule has 2 nitrogen and oxygen atoms in total. The van der Waals surface area contributed by atoms with E-state index in [-0.39, 0.29) is 5.56 Å². The SMILES string of the molecule is Cc1c(C(F)F)nn(C(C)(C)C)c1F. The van der Waals surface area contributed by atoms with Gasteiger partial charge in [0, 0.05) is 5.56 Å². The maximum absolute atomic E-state index is 13.4. The van der Waals surface area contributed by atoms with Crippen LogP contribution in [0, 0.1) is 12.9 Å². The Morgan fingerprint density at radius 2 is 1.79 bits per heavy atom. The highest BCUT2D eigenvalue weighted by Crippen LogP contribution is 2.26. The van der Waals surface area contributed by atoms with Gasteiger partial charge in [0.25, 0.3) is 6.43 Å². The third kappa shape index (κ3) is 1.76. The molecule has 0 saturated heterocycles. The molecule has 0 saturated carbocycles. The molecule has 0 aliphatic heterocycles. The van der Waals surface area contributed by atoms with Crippen molar-refractivity contribution in [3.63, 3.8) is 0 Å². The molecule has 1 heterocycles. The molecule has 5 heteroatoms. The molecule has 0 fully saturated rings. The van der Waals surface area contributed by atoms with Crippen molar-refractivity contribution in [3.8, 4) is 0 Å². The lowest BCUT2D eigenvalue weighted by atomic mass is 10.1. The smallest absolute Gasteiger partial charge is 0.234 e. The molecule has 1 rings (SSSR count). The summed E-state index contributed by atoms with van der Waals surface area (Å²) in [6.07, 6.45) is -2.73. The summed E-state index contributed by atoms with van der Waals surface area (Å²) in [6.45, 7) is 6.43. The largest absolute Gasteiger partial charge is 0.282 e. The normalized spacial score (nSPS) is 12.6. The first-order chi connectivity index (χ1) is 6.25. The molecule has 0 amide bonds. The van der Waals surface area contributed by atoms with E-state index in [1.807, 2.05) is 0 Å². The van der Waals surface area contributed by atoms with Crippen molar-refractivity contribution in [2.75, 3.05) is 0 Å². The molecule has 0 atom stereocenters. The van der Waals surface area contributed by atoms with E-state index in [0.717, 1.165) is 4.68 Å². The first-order valence-electron chi connectivity index (χ1n) is 4.28. The van der Waals surface area contributed by atoms with Gasteiger partial charge in [0.2, 0.25) is 5.95 Å². The highest BCUT2D eigenvalue weighted by atomic mass is 19.3. The van der Waals surface area contributed by atoms with Gasteiger partial charge >= 0.3 is 0 Å². The minimum atomic E-state index is -2.73. The van der Waals surface area contributed by atoms with Crippen LogP contribution in [0.25, 0.3) is 0 Å². The molecule has 0 bridgehead atoms. The van der Waals surface area contributed by atoms with E-state index in [4.69, 9.17) is 0 Å². The fourth-order valence-electron chi connectivity index (χ4n) is 1.14. The zero-order chi connectivity index (χ0) is 11.1. The summed E-state index contributed by atoms with van der Waals surface area (Å²) < 4.78 is 39.2. The average Bonchev–Trinajstić information content (AvgIpc) is 2.28. The molecular weight excluding hydrogens is 193 g/mol. The fourth-order valence-corrected chi connectivity index (χ4v) is 1.14. The summed E-state index contributed by atoms with van der Waals surface area (Å²) in [4.78, 5) is 0. The van der Waals surface area contributed by atoms with Crippen molar-refractivity contribution in [2.45, 2.75) is 39.7 Å². The van der Waals surface area contributed by atoms with Gasteiger partial charge < -0.3 is 0 Å². The van der Waals surface area contributed by atoms with E-state index in [2.05, 4.69) is 5.10 Å². The molecule has 0 aliphatic carbocycles. The molecule has 1 aromatic rings.